The minimum Gasteiger partial charge on any atom is -0.494 e. The highest BCUT2D eigenvalue weighted by molar-refractivity contribution is 5.94. The fraction of sp³-hybridized carbons (Fsp3) is 0.316. The van der Waals surface area contributed by atoms with Crippen LogP contribution in [0.3, 0.4) is 0 Å². The predicted octanol–water partition coefficient (Wildman–Crippen LogP) is 2.53. The van der Waals surface area contributed by atoms with Crippen molar-refractivity contribution >= 4 is 5.91 Å². The quantitative estimate of drug-likeness (QED) is 0.694. The molecule has 0 saturated carbocycles. The smallest absolute Gasteiger partial charge is 0.251 e. The molecule has 0 aromatic heterocycles. The van der Waals surface area contributed by atoms with Gasteiger partial charge in [-0.05, 0) is 29.8 Å². The van der Waals surface area contributed by atoms with Crippen LogP contribution < -0.4 is 15.8 Å². The summed E-state index contributed by atoms with van der Waals surface area (Å²) in [6.07, 6.45) is 0.829. The molecule has 2 rings (SSSR count). The first-order chi connectivity index (χ1) is 11.7. The lowest BCUT2D eigenvalue weighted by Gasteiger charge is -2.13. The molecule has 0 aliphatic heterocycles. The Hall–Kier alpha value is -2.37. The summed E-state index contributed by atoms with van der Waals surface area (Å²) < 4.78 is 10.5. The second kappa shape index (κ2) is 9.70. The Bertz CT molecular complexity index is 614. The van der Waals surface area contributed by atoms with Crippen molar-refractivity contribution in [2.45, 2.75) is 12.5 Å². The molecule has 5 heteroatoms. The molecule has 1 amide bonds. The molecule has 5 nitrogen and oxygen atoms in total. The van der Waals surface area contributed by atoms with Crippen molar-refractivity contribution in [1.82, 2.24) is 5.32 Å². The Balaban J connectivity index is 1.80. The number of rotatable bonds is 9. The van der Waals surface area contributed by atoms with E-state index in [1.54, 1.807) is 31.4 Å². The number of methoxy groups -OCH3 is 1. The van der Waals surface area contributed by atoms with Gasteiger partial charge >= 0.3 is 0 Å². The van der Waals surface area contributed by atoms with Gasteiger partial charge in [0.15, 0.2) is 0 Å². The van der Waals surface area contributed by atoms with E-state index in [9.17, 15) is 4.79 Å². The molecule has 0 aliphatic rings. The average molecular weight is 328 g/mol. The molecule has 0 aliphatic carbocycles. The lowest BCUT2D eigenvalue weighted by atomic mass is 10.1. The van der Waals surface area contributed by atoms with Crippen LogP contribution >= 0.6 is 0 Å². The van der Waals surface area contributed by atoms with Crippen LogP contribution in [0.15, 0.2) is 54.6 Å². The lowest BCUT2D eigenvalue weighted by Crippen LogP contribution is -2.31. The molecule has 0 saturated heterocycles. The highest BCUT2D eigenvalue weighted by Gasteiger charge is 2.09. The van der Waals surface area contributed by atoms with E-state index in [-0.39, 0.29) is 11.9 Å². The fourth-order valence-corrected chi connectivity index (χ4v) is 2.22. The summed E-state index contributed by atoms with van der Waals surface area (Å²) >= 11 is 0. The molecule has 1 atom stereocenters. The van der Waals surface area contributed by atoms with Crippen molar-refractivity contribution in [1.29, 1.82) is 0 Å². The monoisotopic (exact) mass is 328 g/mol. The highest BCUT2D eigenvalue weighted by atomic mass is 16.5. The summed E-state index contributed by atoms with van der Waals surface area (Å²) in [6, 6.07) is 16.6. The van der Waals surface area contributed by atoms with Gasteiger partial charge in [-0.1, -0.05) is 30.3 Å². The van der Waals surface area contributed by atoms with Crippen molar-refractivity contribution in [2.24, 2.45) is 5.73 Å². The number of amides is 1. The molecule has 0 heterocycles. The molecular formula is C19H24N2O3. The number of nitrogens with one attached hydrogen (secondary N) is 1. The van der Waals surface area contributed by atoms with E-state index >= 15 is 0 Å². The van der Waals surface area contributed by atoms with Gasteiger partial charge in [0.1, 0.15) is 5.75 Å². The van der Waals surface area contributed by atoms with Crippen molar-refractivity contribution in [3.05, 3.63) is 65.7 Å². The SMILES string of the molecule is COCCCOc1ccc(C(=O)NCC(N)c2ccccc2)cc1. The first-order valence-electron chi connectivity index (χ1n) is 8.01. The largest absolute Gasteiger partial charge is 0.494 e. The summed E-state index contributed by atoms with van der Waals surface area (Å²) in [4.78, 5) is 12.2. The fourth-order valence-electron chi connectivity index (χ4n) is 2.22. The normalized spacial score (nSPS) is 11.8. The minimum atomic E-state index is -0.224. The van der Waals surface area contributed by atoms with E-state index < -0.39 is 0 Å². The van der Waals surface area contributed by atoms with E-state index in [1.807, 2.05) is 30.3 Å². The molecular weight excluding hydrogens is 304 g/mol. The van der Waals surface area contributed by atoms with Gasteiger partial charge in [-0.15, -0.1) is 0 Å². The van der Waals surface area contributed by atoms with Gasteiger partial charge in [-0.2, -0.15) is 0 Å². The first kappa shape index (κ1) is 18.0. The third kappa shape index (κ3) is 5.68. The summed E-state index contributed by atoms with van der Waals surface area (Å²) in [5, 5.41) is 2.86. The van der Waals surface area contributed by atoms with Crippen molar-refractivity contribution in [2.75, 3.05) is 26.9 Å². The number of carbonyl (C=O) groups excluding carboxylic acids is 1. The first-order valence-corrected chi connectivity index (χ1v) is 8.01. The molecule has 0 radical (unpaired) electrons. The Morgan fingerprint density at radius 2 is 1.79 bits per heavy atom. The minimum absolute atomic E-state index is 0.146. The number of hydrogen-bond acceptors (Lipinski definition) is 4. The van der Waals surface area contributed by atoms with Gasteiger partial charge in [0.25, 0.3) is 5.91 Å². The van der Waals surface area contributed by atoms with Crippen molar-refractivity contribution in [3.8, 4) is 5.75 Å². The summed E-state index contributed by atoms with van der Waals surface area (Å²) in [5.41, 5.74) is 7.66. The van der Waals surface area contributed by atoms with E-state index in [0.29, 0.717) is 25.3 Å². The van der Waals surface area contributed by atoms with Gasteiger partial charge < -0.3 is 20.5 Å². The Labute approximate surface area is 142 Å². The zero-order chi connectivity index (χ0) is 17.2. The predicted molar refractivity (Wildman–Crippen MR) is 94.1 cm³/mol. The molecule has 0 bridgehead atoms. The van der Waals surface area contributed by atoms with Crippen LogP contribution in [0.1, 0.15) is 28.4 Å². The third-order valence-electron chi connectivity index (χ3n) is 3.59. The molecule has 3 N–H and O–H groups in total. The van der Waals surface area contributed by atoms with E-state index in [2.05, 4.69) is 5.32 Å². The molecule has 2 aromatic rings. The van der Waals surface area contributed by atoms with Crippen LogP contribution in [0.4, 0.5) is 0 Å². The third-order valence-corrected chi connectivity index (χ3v) is 3.59. The second-order valence-corrected chi connectivity index (χ2v) is 5.45. The van der Waals surface area contributed by atoms with Gasteiger partial charge in [0, 0.05) is 38.3 Å². The zero-order valence-electron chi connectivity index (χ0n) is 13.9. The van der Waals surface area contributed by atoms with E-state index in [1.165, 1.54) is 0 Å². The number of hydrogen-bond donors (Lipinski definition) is 2. The maximum absolute atomic E-state index is 12.2. The molecule has 128 valence electrons. The van der Waals surface area contributed by atoms with Crippen LogP contribution in [0.5, 0.6) is 5.75 Å². The van der Waals surface area contributed by atoms with Gasteiger partial charge in [-0.25, -0.2) is 0 Å². The van der Waals surface area contributed by atoms with E-state index in [4.69, 9.17) is 15.2 Å². The molecule has 1 unspecified atom stereocenters. The van der Waals surface area contributed by atoms with Gasteiger partial charge in [-0.3, -0.25) is 4.79 Å². The highest BCUT2D eigenvalue weighted by Crippen LogP contribution is 2.13. The number of ether oxygens (including phenoxy) is 2. The standard InChI is InChI=1S/C19H24N2O3/c1-23-12-5-13-24-17-10-8-16(9-11-17)19(22)21-14-18(20)15-6-3-2-4-7-15/h2-4,6-11,18H,5,12-14,20H2,1H3,(H,21,22). The molecule has 0 spiro atoms. The Morgan fingerprint density at radius 1 is 1.08 bits per heavy atom. The number of benzene rings is 2. The second-order valence-electron chi connectivity index (χ2n) is 5.45. The van der Waals surface area contributed by atoms with Crippen LogP contribution in [0.25, 0.3) is 0 Å². The molecule has 2 aromatic carbocycles. The Kier molecular flexibility index (Phi) is 7.26. The summed E-state index contributed by atoms with van der Waals surface area (Å²) in [6.45, 7) is 1.64. The maximum atomic E-state index is 12.2. The van der Waals surface area contributed by atoms with Crippen molar-refractivity contribution in [3.63, 3.8) is 0 Å². The Morgan fingerprint density at radius 3 is 2.46 bits per heavy atom. The zero-order valence-corrected chi connectivity index (χ0v) is 13.9. The van der Waals surface area contributed by atoms with Crippen LogP contribution in [-0.2, 0) is 4.74 Å². The van der Waals surface area contributed by atoms with Gasteiger partial charge in [0.05, 0.1) is 6.61 Å². The van der Waals surface area contributed by atoms with Crippen LogP contribution in [-0.4, -0.2) is 32.8 Å². The molecule has 24 heavy (non-hydrogen) atoms. The van der Waals surface area contributed by atoms with Gasteiger partial charge in [0.2, 0.25) is 0 Å². The van der Waals surface area contributed by atoms with Crippen molar-refractivity contribution < 1.29 is 14.3 Å². The molecule has 0 fully saturated rings. The maximum Gasteiger partial charge on any atom is 0.251 e. The van der Waals surface area contributed by atoms with Crippen LogP contribution in [0.2, 0.25) is 0 Å². The summed E-state index contributed by atoms with van der Waals surface area (Å²) in [7, 11) is 1.66. The topological polar surface area (TPSA) is 73.6 Å². The van der Waals surface area contributed by atoms with Crippen LogP contribution in [0, 0.1) is 0 Å². The van der Waals surface area contributed by atoms with E-state index in [0.717, 1.165) is 17.7 Å². The lowest BCUT2D eigenvalue weighted by molar-refractivity contribution is 0.0951. The average Bonchev–Trinajstić information content (AvgIpc) is 2.64. The summed E-state index contributed by atoms with van der Waals surface area (Å²) in [5.74, 6) is 0.593. The number of nitrogens with two attached hydrogens (primary N) is 1. The number of carbonyl (C=O) groups is 1.